The van der Waals surface area contributed by atoms with Gasteiger partial charge >= 0.3 is 0 Å². The average Bonchev–Trinajstić information content (AvgIpc) is 2.28. The molecule has 1 aliphatic rings. The number of hydrogen-bond acceptors (Lipinski definition) is 3. The maximum atomic E-state index is 12.1. The number of ketones is 1. The highest BCUT2D eigenvalue weighted by Gasteiger charge is 2.14. The van der Waals surface area contributed by atoms with Gasteiger partial charge in [-0.1, -0.05) is 6.08 Å². The van der Waals surface area contributed by atoms with Gasteiger partial charge in [0.1, 0.15) is 0 Å². The van der Waals surface area contributed by atoms with Crippen LogP contribution >= 0.6 is 0 Å². The molecule has 1 aromatic carbocycles. The lowest BCUT2D eigenvalue weighted by atomic mass is 9.93. The van der Waals surface area contributed by atoms with Crippen LogP contribution in [0.4, 0.5) is 11.4 Å². The van der Waals surface area contributed by atoms with Gasteiger partial charge in [-0.15, -0.1) is 0 Å². The number of anilines is 2. The third-order valence-electron chi connectivity index (χ3n) is 2.82. The Morgan fingerprint density at radius 1 is 1.06 bits per heavy atom. The Balaban J connectivity index is 2.29. The SMILES string of the molecule is Nc1cc(N)cc(C(=O)C2=CCCCC2)c1. The van der Waals surface area contributed by atoms with Crippen molar-refractivity contribution in [3.8, 4) is 0 Å². The maximum Gasteiger partial charge on any atom is 0.188 e. The van der Waals surface area contributed by atoms with Gasteiger partial charge in [0.05, 0.1) is 0 Å². The number of nitrogens with two attached hydrogens (primary N) is 2. The standard InChI is InChI=1S/C13H16N2O/c14-11-6-10(7-12(15)8-11)13(16)9-4-2-1-3-5-9/h4,6-8H,1-3,5,14-15H2. The van der Waals surface area contributed by atoms with Gasteiger partial charge in [-0.05, 0) is 49.5 Å². The molecule has 3 heteroatoms. The fraction of sp³-hybridized carbons (Fsp3) is 0.308. The van der Waals surface area contributed by atoms with E-state index in [1.165, 1.54) is 6.42 Å². The number of rotatable bonds is 2. The lowest BCUT2D eigenvalue weighted by molar-refractivity contribution is 0.102. The molecule has 0 fully saturated rings. The normalized spacial score (nSPS) is 15.6. The van der Waals surface area contributed by atoms with E-state index in [9.17, 15) is 4.79 Å². The molecule has 0 radical (unpaired) electrons. The average molecular weight is 216 g/mol. The van der Waals surface area contributed by atoms with Crippen LogP contribution in [-0.4, -0.2) is 5.78 Å². The predicted octanol–water partition coefficient (Wildman–Crippen LogP) is 2.53. The summed E-state index contributed by atoms with van der Waals surface area (Å²) in [5, 5.41) is 0. The number of Topliss-reactive ketones (excluding diaryl/α,β-unsaturated/α-hetero) is 1. The monoisotopic (exact) mass is 216 g/mol. The number of carbonyl (C=O) groups excluding carboxylic acids is 1. The lowest BCUT2D eigenvalue weighted by Gasteiger charge is -2.12. The second-order valence-electron chi connectivity index (χ2n) is 4.19. The van der Waals surface area contributed by atoms with Crippen molar-refractivity contribution in [2.45, 2.75) is 25.7 Å². The van der Waals surface area contributed by atoms with Gasteiger partial charge < -0.3 is 11.5 Å². The van der Waals surface area contributed by atoms with Crippen LogP contribution in [0.25, 0.3) is 0 Å². The van der Waals surface area contributed by atoms with Crippen molar-refractivity contribution >= 4 is 17.2 Å². The summed E-state index contributed by atoms with van der Waals surface area (Å²) in [5.41, 5.74) is 13.9. The minimum absolute atomic E-state index is 0.0682. The number of nitrogen functional groups attached to an aromatic ring is 2. The fourth-order valence-corrected chi connectivity index (χ4v) is 2.04. The van der Waals surface area contributed by atoms with Crippen molar-refractivity contribution in [3.63, 3.8) is 0 Å². The molecule has 84 valence electrons. The number of allylic oxidation sites excluding steroid dienone is 2. The second-order valence-corrected chi connectivity index (χ2v) is 4.19. The molecule has 1 aromatic rings. The molecule has 0 amide bonds. The molecular weight excluding hydrogens is 200 g/mol. The Hall–Kier alpha value is -1.77. The first-order chi connectivity index (χ1) is 7.66. The van der Waals surface area contributed by atoms with Gasteiger partial charge in [-0.2, -0.15) is 0 Å². The molecule has 3 nitrogen and oxygen atoms in total. The van der Waals surface area contributed by atoms with E-state index in [2.05, 4.69) is 0 Å². The van der Waals surface area contributed by atoms with Gasteiger partial charge in [-0.25, -0.2) is 0 Å². The maximum absolute atomic E-state index is 12.1. The van der Waals surface area contributed by atoms with Crippen LogP contribution < -0.4 is 11.5 Å². The predicted molar refractivity (Wildman–Crippen MR) is 66.1 cm³/mol. The largest absolute Gasteiger partial charge is 0.399 e. The van der Waals surface area contributed by atoms with Gasteiger partial charge in [-0.3, -0.25) is 4.79 Å². The summed E-state index contributed by atoms with van der Waals surface area (Å²) in [6, 6.07) is 5.04. The first-order valence-electron chi connectivity index (χ1n) is 5.56. The summed E-state index contributed by atoms with van der Waals surface area (Å²) in [7, 11) is 0. The smallest absolute Gasteiger partial charge is 0.188 e. The Bertz CT molecular complexity index is 429. The first-order valence-corrected chi connectivity index (χ1v) is 5.56. The minimum Gasteiger partial charge on any atom is -0.399 e. The number of benzene rings is 1. The Kier molecular flexibility index (Phi) is 2.95. The van der Waals surface area contributed by atoms with Crippen molar-refractivity contribution in [1.29, 1.82) is 0 Å². The van der Waals surface area contributed by atoms with Crippen molar-refractivity contribution in [2.75, 3.05) is 11.5 Å². The summed E-state index contributed by atoms with van der Waals surface area (Å²) < 4.78 is 0. The highest BCUT2D eigenvalue weighted by Crippen LogP contribution is 2.23. The third-order valence-corrected chi connectivity index (χ3v) is 2.82. The molecule has 0 aliphatic heterocycles. The molecule has 0 heterocycles. The number of carbonyl (C=O) groups is 1. The summed E-state index contributed by atoms with van der Waals surface area (Å²) in [4.78, 5) is 12.1. The fourth-order valence-electron chi connectivity index (χ4n) is 2.04. The third kappa shape index (κ3) is 2.24. The van der Waals surface area contributed by atoms with E-state index in [0.717, 1.165) is 24.8 Å². The van der Waals surface area contributed by atoms with Crippen molar-refractivity contribution in [1.82, 2.24) is 0 Å². The lowest BCUT2D eigenvalue weighted by Crippen LogP contribution is -2.07. The van der Waals surface area contributed by atoms with Crippen LogP contribution in [-0.2, 0) is 0 Å². The molecule has 0 atom stereocenters. The molecule has 0 unspecified atom stereocenters. The Labute approximate surface area is 95.1 Å². The van der Waals surface area contributed by atoms with Gasteiger partial charge in [0.25, 0.3) is 0 Å². The molecule has 16 heavy (non-hydrogen) atoms. The van der Waals surface area contributed by atoms with Crippen molar-refractivity contribution < 1.29 is 4.79 Å². The summed E-state index contributed by atoms with van der Waals surface area (Å²) >= 11 is 0. The zero-order chi connectivity index (χ0) is 11.5. The topological polar surface area (TPSA) is 69.1 Å². The van der Waals surface area contributed by atoms with Gasteiger partial charge in [0.2, 0.25) is 0 Å². The Morgan fingerprint density at radius 2 is 1.75 bits per heavy atom. The van der Waals surface area contributed by atoms with E-state index in [1.54, 1.807) is 18.2 Å². The molecule has 0 saturated carbocycles. The summed E-state index contributed by atoms with van der Waals surface area (Å²) in [6.45, 7) is 0. The van der Waals surface area contributed by atoms with Crippen LogP contribution in [0.5, 0.6) is 0 Å². The zero-order valence-corrected chi connectivity index (χ0v) is 9.20. The van der Waals surface area contributed by atoms with Crippen LogP contribution in [0.3, 0.4) is 0 Å². The molecule has 0 aromatic heterocycles. The summed E-state index contributed by atoms with van der Waals surface area (Å²) in [6.07, 6.45) is 6.17. The van der Waals surface area contributed by atoms with Gasteiger partial charge in [0.15, 0.2) is 5.78 Å². The van der Waals surface area contributed by atoms with Crippen LogP contribution in [0.15, 0.2) is 29.8 Å². The zero-order valence-electron chi connectivity index (χ0n) is 9.20. The van der Waals surface area contributed by atoms with E-state index in [0.29, 0.717) is 16.9 Å². The highest BCUT2D eigenvalue weighted by molar-refractivity contribution is 6.09. The van der Waals surface area contributed by atoms with Crippen molar-refractivity contribution in [2.24, 2.45) is 0 Å². The molecule has 4 N–H and O–H groups in total. The summed E-state index contributed by atoms with van der Waals surface area (Å²) in [5.74, 6) is 0.0682. The molecule has 0 bridgehead atoms. The van der Waals surface area contributed by atoms with E-state index in [1.807, 2.05) is 6.08 Å². The highest BCUT2D eigenvalue weighted by atomic mass is 16.1. The molecular formula is C13H16N2O. The van der Waals surface area contributed by atoms with E-state index in [-0.39, 0.29) is 5.78 Å². The Morgan fingerprint density at radius 3 is 2.31 bits per heavy atom. The van der Waals surface area contributed by atoms with Gasteiger partial charge in [0, 0.05) is 16.9 Å². The molecule has 0 spiro atoms. The molecule has 0 saturated heterocycles. The minimum atomic E-state index is 0.0682. The van der Waals surface area contributed by atoms with Crippen LogP contribution in [0, 0.1) is 0 Å². The van der Waals surface area contributed by atoms with Crippen molar-refractivity contribution in [3.05, 3.63) is 35.4 Å². The van der Waals surface area contributed by atoms with E-state index < -0.39 is 0 Å². The van der Waals surface area contributed by atoms with E-state index >= 15 is 0 Å². The molecule has 1 aliphatic carbocycles. The van der Waals surface area contributed by atoms with Crippen LogP contribution in [0.2, 0.25) is 0 Å². The molecule has 2 rings (SSSR count). The van der Waals surface area contributed by atoms with E-state index in [4.69, 9.17) is 11.5 Å². The van der Waals surface area contributed by atoms with Crippen LogP contribution in [0.1, 0.15) is 36.0 Å². The quantitative estimate of drug-likeness (QED) is 0.589. The first kappa shape index (κ1) is 10.7. The number of hydrogen-bond donors (Lipinski definition) is 2. The second kappa shape index (κ2) is 4.39.